The van der Waals surface area contributed by atoms with Crippen LogP contribution in [-0.2, 0) is 35.9 Å². The smallest absolute Gasteiger partial charge is 0.326 e. The molecule has 13 heteroatoms. The van der Waals surface area contributed by atoms with Crippen LogP contribution in [0, 0.1) is 6.92 Å². The van der Waals surface area contributed by atoms with Gasteiger partial charge in [0, 0.05) is 17.5 Å². The molecule has 4 rings (SSSR count). The zero-order valence-corrected chi connectivity index (χ0v) is 23.7. The number of hydrogen-bond donors (Lipinski definition) is 1. The number of amides is 1. The zero-order chi connectivity index (χ0) is 28.4. The number of carbonyl (C=O) groups excluding carboxylic acids is 2. The minimum absolute atomic E-state index is 0.0771. The molecule has 0 spiro atoms. The van der Waals surface area contributed by atoms with E-state index < -0.39 is 31.7 Å². The third-order valence-electron chi connectivity index (χ3n) is 5.57. The van der Waals surface area contributed by atoms with Gasteiger partial charge in [-0.05, 0) is 62.4 Å². The molecule has 0 aliphatic heterocycles. The van der Waals surface area contributed by atoms with E-state index in [0.29, 0.717) is 10.2 Å². The molecule has 10 nitrogen and oxygen atoms in total. The first-order valence-corrected chi connectivity index (χ1v) is 15.8. The van der Waals surface area contributed by atoms with E-state index >= 15 is 0 Å². The number of anilines is 1. The van der Waals surface area contributed by atoms with Crippen LogP contribution in [0.2, 0.25) is 0 Å². The highest BCUT2D eigenvalue weighted by Gasteiger charge is 2.17. The summed E-state index contributed by atoms with van der Waals surface area (Å²) >= 11 is 1.04. The van der Waals surface area contributed by atoms with Gasteiger partial charge >= 0.3 is 5.97 Å². The summed E-state index contributed by atoms with van der Waals surface area (Å²) in [6.45, 7) is 3.44. The van der Waals surface area contributed by atoms with E-state index in [9.17, 15) is 26.4 Å². The van der Waals surface area contributed by atoms with Crippen LogP contribution in [0.25, 0.3) is 10.2 Å². The molecule has 0 bridgehead atoms. The lowest BCUT2D eigenvalue weighted by molar-refractivity contribution is -0.143. The van der Waals surface area contributed by atoms with Crippen molar-refractivity contribution in [2.75, 3.05) is 17.6 Å². The zero-order valence-electron chi connectivity index (χ0n) is 21.2. The van der Waals surface area contributed by atoms with Gasteiger partial charge in [0.2, 0.25) is 0 Å². The molecule has 3 aromatic carbocycles. The highest BCUT2D eigenvalue weighted by atomic mass is 32.2. The molecule has 1 amide bonds. The van der Waals surface area contributed by atoms with E-state index in [1.165, 1.54) is 53.1 Å². The molecule has 1 aromatic heterocycles. The van der Waals surface area contributed by atoms with Gasteiger partial charge in [-0.25, -0.2) is 16.8 Å². The Kier molecular flexibility index (Phi) is 8.04. The number of carbonyl (C=O) groups is 2. The van der Waals surface area contributed by atoms with Gasteiger partial charge < -0.3 is 9.30 Å². The van der Waals surface area contributed by atoms with Crippen molar-refractivity contribution in [3.8, 4) is 0 Å². The molecule has 39 heavy (non-hydrogen) atoms. The number of nitrogens with zero attached hydrogens (tertiary/aromatic N) is 2. The molecule has 204 valence electrons. The van der Waals surface area contributed by atoms with Crippen LogP contribution in [0.5, 0.6) is 0 Å². The first-order chi connectivity index (χ1) is 18.4. The summed E-state index contributed by atoms with van der Waals surface area (Å²) in [5, 5.41) is 0. The number of esters is 1. The largest absolute Gasteiger partial charge is 0.465 e. The Labute approximate surface area is 229 Å². The molecule has 0 aliphatic carbocycles. The van der Waals surface area contributed by atoms with E-state index in [1.807, 2.05) is 6.92 Å². The molecule has 0 fully saturated rings. The maximum Gasteiger partial charge on any atom is 0.326 e. The second-order valence-corrected chi connectivity index (χ2v) is 13.3. The highest BCUT2D eigenvalue weighted by Crippen LogP contribution is 2.23. The van der Waals surface area contributed by atoms with Crippen LogP contribution in [0.4, 0.5) is 5.69 Å². The van der Waals surface area contributed by atoms with Gasteiger partial charge in [0.15, 0.2) is 14.6 Å². The maximum atomic E-state index is 13.1. The van der Waals surface area contributed by atoms with Gasteiger partial charge in [-0.3, -0.25) is 14.3 Å². The maximum absolute atomic E-state index is 13.1. The number of sulfone groups is 1. The number of thiazole rings is 1. The van der Waals surface area contributed by atoms with Crippen molar-refractivity contribution < 1.29 is 31.2 Å². The standard InChI is InChI=1S/C26H25N3O7S3/c1-4-36-24(30)16-29-22-13-12-21(38(3,32)33)15-23(22)37-26(29)27-25(31)18-6-5-7-19(14-18)28-39(34,35)20-10-8-17(2)9-11-20/h5-15,28H,4,16H2,1-3H3. The topological polar surface area (TPSA) is 141 Å². The van der Waals surface area contributed by atoms with Gasteiger partial charge in [-0.1, -0.05) is 35.1 Å². The number of rotatable bonds is 8. The lowest BCUT2D eigenvalue weighted by atomic mass is 10.2. The molecular formula is C26H25N3O7S3. The van der Waals surface area contributed by atoms with E-state index in [4.69, 9.17) is 4.74 Å². The minimum atomic E-state index is -3.89. The van der Waals surface area contributed by atoms with Crippen LogP contribution in [-0.4, -0.2) is 46.1 Å². The van der Waals surface area contributed by atoms with Gasteiger partial charge in [0.05, 0.1) is 26.6 Å². The first-order valence-electron chi connectivity index (χ1n) is 11.6. The molecule has 0 aliphatic rings. The number of nitrogens with one attached hydrogen (secondary N) is 1. The third kappa shape index (κ3) is 6.61. The summed E-state index contributed by atoms with van der Waals surface area (Å²) in [6.07, 6.45) is 1.09. The van der Waals surface area contributed by atoms with Crippen LogP contribution in [0.3, 0.4) is 0 Å². The van der Waals surface area contributed by atoms with Crippen molar-refractivity contribution in [2.24, 2.45) is 4.99 Å². The van der Waals surface area contributed by atoms with Gasteiger partial charge in [-0.15, -0.1) is 0 Å². The summed E-state index contributed by atoms with van der Waals surface area (Å²) in [4.78, 5) is 29.9. The molecule has 0 saturated heterocycles. The lowest BCUT2D eigenvalue weighted by Crippen LogP contribution is -2.23. The lowest BCUT2D eigenvalue weighted by Gasteiger charge is -2.09. The molecule has 1 N–H and O–H groups in total. The van der Waals surface area contributed by atoms with Crippen LogP contribution in [0.15, 0.2) is 81.5 Å². The quantitative estimate of drug-likeness (QED) is 0.311. The van der Waals surface area contributed by atoms with E-state index in [2.05, 4.69) is 9.71 Å². The fourth-order valence-electron chi connectivity index (χ4n) is 3.66. The van der Waals surface area contributed by atoms with Crippen molar-refractivity contribution >= 4 is 59.0 Å². The number of hydrogen-bond acceptors (Lipinski definition) is 8. The number of aryl methyl sites for hydroxylation is 1. The summed E-state index contributed by atoms with van der Waals surface area (Å²) < 4.78 is 59.1. The number of ether oxygens (including phenoxy) is 1. The van der Waals surface area contributed by atoms with Crippen molar-refractivity contribution in [3.63, 3.8) is 0 Å². The van der Waals surface area contributed by atoms with E-state index in [-0.39, 0.29) is 39.0 Å². The molecule has 0 atom stereocenters. The van der Waals surface area contributed by atoms with Crippen molar-refractivity contribution in [1.82, 2.24) is 4.57 Å². The summed E-state index contributed by atoms with van der Waals surface area (Å²) in [5.41, 5.74) is 1.70. The summed E-state index contributed by atoms with van der Waals surface area (Å²) in [5.74, 6) is -1.23. The van der Waals surface area contributed by atoms with Crippen LogP contribution in [0.1, 0.15) is 22.8 Å². The summed E-state index contributed by atoms with van der Waals surface area (Å²) in [7, 11) is -7.37. The predicted octanol–water partition coefficient (Wildman–Crippen LogP) is 3.52. The van der Waals surface area contributed by atoms with E-state index in [1.54, 1.807) is 25.1 Å². The van der Waals surface area contributed by atoms with Crippen molar-refractivity contribution in [2.45, 2.75) is 30.2 Å². The van der Waals surface area contributed by atoms with Crippen molar-refractivity contribution in [3.05, 3.63) is 82.7 Å². The second-order valence-electron chi connectivity index (χ2n) is 8.59. The normalized spacial score (nSPS) is 12.4. The van der Waals surface area contributed by atoms with Gasteiger partial charge in [0.1, 0.15) is 6.54 Å². The fraction of sp³-hybridized carbons (Fsp3) is 0.192. The monoisotopic (exact) mass is 587 g/mol. The third-order valence-corrected chi connectivity index (χ3v) is 9.11. The molecule has 0 unspecified atom stereocenters. The molecule has 4 aromatic rings. The average molecular weight is 588 g/mol. The second kappa shape index (κ2) is 11.1. The van der Waals surface area contributed by atoms with E-state index in [0.717, 1.165) is 23.2 Å². The Morgan fingerprint density at radius 2 is 1.67 bits per heavy atom. The predicted molar refractivity (Wildman–Crippen MR) is 148 cm³/mol. The number of fused-ring (bicyclic) bond motifs is 1. The summed E-state index contributed by atoms with van der Waals surface area (Å²) in [6, 6.07) is 16.6. The Hall–Kier alpha value is -3.81. The van der Waals surface area contributed by atoms with Crippen LogP contribution >= 0.6 is 11.3 Å². The minimum Gasteiger partial charge on any atom is -0.465 e. The Bertz CT molecular complexity index is 1850. The van der Waals surface area contributed by atoms with Crippen molar-refractivity contribution in [1.29, 1.82) is 0 Å². The van der Waals surface area contributed by atoms with Crippen LogP contribution < -0.4 is 9.52 Å². The highest BCUT2D eigenvalue weighted by molar-refractivity contribution is 7.92. The Morgan fingerprint density at radius 3 is 2.33 bits per heavy atom. The number of benzene rings is 3. The van der Waals surface area contributed by atoms with Gasteiger partial charge in [0.25, 0.3) is 15.9 Å². The molecule has 0 saturated carbocycles. The molecule has 0 radical (unpaired) electrons. The van der Waals surface area contributed by atoms with Gasteiger partial charge in [-0.2, -0.15) is 4.99 Å². The SMILES string of the molecule is CCOC(=O)Cn1c(=NC(=O)c2cccc(NS(=O)(=O)c3ccc(C)cc3)c2)sc2cc(S(C)(=O)=O)ccc21. The number of aromatic nitrogens is 1. The molecular weight excluding hydrogens is 563 g/mol. The average Bonchev–Trinajstić information content (AvgIpc) is 3.19. The fourth-order valence-corrected chi connectivity index (χ4v) is 6.49. The first kappa shape index (κ1) is 28.2. The number of sulfonamides is 1. The Balaban J connectivity index is 1.72. The molecule has 1 heterocycles. The Morgan fingerprint density at radius 1 is 0.974 bits per heavy atom.